The number of primary amides is 1. The third kappa shape index (κ3) is 4.70. The van der Waals surface area contributed by atoms with E-state index in [1.165, 1.54) is 12.1 Å². The van der Waals surface area contributed by atoms with Crippen LogP contribution >= 0.6 is 24.0 Å². The van der Waals surface area contributed by atoms with Gasteiger partial charge in [-0.1, -0.05) is 25.4 Å². The molecule has 0 spiro atoms. The van der Waals surface area contributed by atoms with Crippen molar-refractivity contribution >= 4 is 41.5 Å². The molecule has 0 aromatic heterocycles. The van der Waals surface area contributed by atoms with Gasteiger partial charge < -0.3 is 16.8 Å². The molecule has 0 aliphatic heterocycles. The molecule has 0 saturated heterocycles. The summed E-state index contributed by atoms with van der Waals surface area (Å²) in [6, 6.07) is 3.88. The van der Waals surface area contributed by atoms with Crippen LogP contribution in [0, 0.1) is 5.92 Å². The van der Waals surface area contributed by atoms with Gasteiger partial charge in [-0.2, -0.15) is 0 Å². The first-order chi connectivity index (χ1) is 8.32. The fourth-order valence-corrected chi connectivity index (χ4v) is 1.59. The lowest BCUT2D eigenvalue weighted by Gasteiger charge is -2.15. The Bertz CT molecular complexity index is 478. The van der Waals surface area contributed by atoms with E-state index in [1.54, 1.807) is 6.07 Å². The van der Waals surface area contributed by atoms with E-state index in [0.717, 1.165) is 0 Å². The zero-order chi connectivity index (χ0) is 13.9. The average molecular weight is 306 g/mol. The number of nitrogens with two attached hydrogens (primary N) is 2. The van der Waals surface area contributed by atoms with Crippen molar-refractivity contribution < 1.29 is 9.59 Å². The number of rotatable bonds is 4. The fraction of sp³-hybridized carbons (Fsp3) is 0.333. The summed E-state index contributed by atoms with van der Waals surface area (Å²) in [4.78, 5) is 22.7. The Labute approximate surface area is 123 Å². The van der Waals surface area contributed by atoms with Crippen molar-refractivity contribution in [2.45, 2.75) is 19.9 Å². The molecule has 0 bridgehead atoms. The molecule has 19 heavy (non-hydrogen) atoms. The highest BCUT2D eigenvalue weighted by Gasteiger charge is 2.17. The van der Waals surface area contributed by atoms with Crippen molar-refractivity contribution in [1.82, 2.24) is 0 Å². The first-order valence-corrected chi connectivity index (χ1v) is 5.86. The van der Waals surface area contributed by atoms with Gasteiger partial charge in [-0.05, 0) is 24.1 Å². The highest BCUT2D eigenvalue weighted by molar-refractivity contribution is 6.34. The zero-order valence-corrected chi connectivity index (χ0v) is 12.2. The number of anilines is 1. The molecule has 1 atom stereocenters. The van der Waals surface area contributed by atoms with Crippen LogP contribution in [0.5, 0.6) is 0 Å². The number of hydrogen-bond donors (Lipinski definition) is 3. The molecule has 0 saturated carbocycles. The van der Waals surface area contributed by atoms with Crippen LogP contribution in [-0.2, 0) is 4.79 Å². The summed E-state index contributed by atoms with van der Waals surface area (Å²) in [7, 11) is 0. The molecule has 2 amide bonds. The van der Waals surface area contributed by atoms with Gasteiger partial charge in [-0.25, -0.2) is 0 Å². The molecule has 5 nitrogen and oxygen atoms in total. The molecule has 7 heteroatoms. The largest absolute Gasteiger partial charge is 0.366 e. The van der Waals surface area contributed by atoms with E-state index < -0.39 is 11.9 Å². The lowest BCUT2D eigenvalue weighted by Crippen LogP contribution is -2.39. The van der Waals surface area contributed by atoms with Crippen LogP contribution in [0.15, 0.2) is 18.2 Å². The third-order valence-electron chi connectivity index (χ3n) is 2.52. The fourth-order valence-electron chi connectivity index (χ4n) is 1.32. The number of halogens is 2. The molecular weight excluding hydrogens is 289 g/mol. The standard InChI is InChI=1S/C12H16ClN3O2.ClH/c1-6(2)10(14)12(18)16-7-3-4-8(11(15)17)9(13)5-7;/h3-6,10H,14H2,1-2H3,(H2,15,17)(H,16,18);1H/t10-;/m0./s1. The topological polar surface area (TPSA) is 98.2 Å². The Balaban J connectivity index is 0.00000324. The van der Waals surface area contributed by atoms with Crippen LogP contribution < -0.4 is 16.8 Å². The van der Waals surface area contributed by atoms with Gasteiger partial charge in [0.2, 0.25) is 11.8 Å². The van der Waals surface area contributed by atoms with E-state index in [1.807, 2.05) is 13.8 Å². The van der Waals surface area contributed by atoms with Crippen molar-refractivity contribution in [3.63, 3.8) is 0 Å². The quantitative estimate of drug-likeness (QED) is 0.790. The number of carbonyl (C=O) groups excluding carboxylic acids is 2. The molecule has 1 aromatic rings. The Hall–Kier alpha value is -1.30. The summed E-state index contributed by atoms with van der Waals surface area (Å²) in [5.41, 5.74) is 11.5. The second-order valence-electron chi connectivity index (χ2n) is 4.32. The van der Waals surface area contributed by atoms with Crippen LogP contribution in [0.2, 0.25) is 5.02 Å². The number of nitrogens with one attached hydrogen (secondary N) is 1. The molecule has 1 aromatic carbocycles. The van der Waals surface area contributed by atoms with Crippen molar-refractivity contribution in [3.05, 3.63) is 28.8 Å². The van der Waals surface area contributed by atoms with Gasteiger partial charge in [0, 0.05) is 5.69 Å². The number of hydrogen-bond acceptors (Lipinski definition) is 3. The molecule has 0 aliphatic rings. The summed E-state index contributed by atoms with van der Waals surface area (Å²) < 4.78 is 0. The Morgan fingerprint density at radius 1 is 1.32 bits per heavy atom. The zero-order valence-electron chi connectivity index (χ0n) is 10.6. The number of carbonyl (C=O) groups is 2. The van der Waals surface area contributed by atoms with Crippen LogP contribution in [-0.4, -0.2) is 17.9 Å². The molecule has 106 valence electrons. The maximum absolute atomic E-state index is 11.7. The number of benzene rings is 1. The highest BCUT2D eigenvalue weighted by atomic mass is 35.5. The molecule has 0 unspecified atom stereocenters. The van der Waals surface area contributed by atoms with Crippen molar-refractivity contribution in [3.8, 4) is 0 Å². The van der Waals surface area contributed by atoms with Crippen molar-refractivity contribution in [1.29, 1.82) is 0 Å². The predicted molar refractivity (Wildman–Crippen MR) is 78.7 cm³/mol. The van der Waals surface area contributed by atoms with Gasteiger partial charge in [0.25, 0.3) is 0 Å². The third-order valence-corrected chi connectivity index (χ3v) is 2.84. The minimum atomic E-state index is -0.614. The highest BCUT2D eigenvalue weighted by Crippen LogP contribution is 2.20. The van der Waals surface area contributed by atoms with E-state index >= 15 is 0 Å². The summed E-state index contributed by atoms with van der Waals surface area (Å²) in [5, 5.41) is 2.82. The van der Waals surface area contributed by atoms with E-state index in [2.05, 4.69) is 5.32 Å². The first kappa shape index (κ1) is 17.7. The monoisotopic (exact) mass is 305 g/mol. The molecular formula is C12H17Cl2N3O2. The summed E-state index contributed by atoms with van der Waals surface area (Å²) >= 11 is 5.87. The second-order valence-corrected chi connectivity index (χ2v) is 4.73. The maximum Gasteiger partial charge on any atom is 0.250 e. The Morgan fingerprint density at radius 2 is 1.89 bits per heavy atom. The molecule has 5 N–H and O–H groups in total. The van der Waals surface area contributed by atoms with Crippen molar-refractivity contribution in [2.24, 2.45) is 17.4 Å². The average Bonchev–Trinajstić information content (AvgIpc) is 2.27. The molecule has 1 rings (SSSR count). The summed E-state index contributed by atoms with van der Waals surface area (Å²) in [5.74, 6) is -0.880. The molecule has 0 aliphatic carbocycles. The van der Waals surface area contributed by atoms with Gasteiger partial charge >= 0.3 is 0 Å². The van der Waals surface area contributed by atoms with E-state index in [4.69, 9.17) is 23.1 Å². The van der Waals surface area contributed by atoms with Gasteiger partial charge in [0.05, 0.1) is 16.6 Å². The first-order valence-electron chi connectivity index (χ1n) is 5.48. The Kier molecular flexibility index (Phi) is 6.83. The second kappa shape index (κ2) is 7.33. The van der Waals surface area contributed by atoms with E-state index in [9.17, 15) is 9.59 Å². The van der Waals surface area contributed by atoms with Gasteiger partial charge in [0.15, 0.2) is 0 Å². The molecule has 0 heterocycles. The van der Waals surface area contributed by atoms with E-state index in [0.29, 0.717) is 5.69 Å². The SMILES string of the molecule is CC(C)[C@H](N)C(=O)Nc1ccc(C(N)=O)c(Cl)c1.Cl. The lowest BCUT2D eigenvalue weighted by atomic mass is 10.0. The van der Waals surface area contributed by atoms with Crippen LogP contribution in [0.4, 0.5) is 5.69 Å². The maximum atomic E-state index is 11.7. The van der Waals surface area contributed by atoms with Crippen molar-refractivity contribution in [2.75, 3.05) is 5.32 Å². The van der Waals surface area contributed by atoms with Crippen LogP contribution in [0.1, 0.15) is 24.2 Å². The summed E-state index contributed by atoms with van der Waals surface area (Å²) in [6.45, 7) is 3.71. The number of amides is 2. The minimum Gasteiger partial charge on any atom is -0.366 e. The van der Waals surface area contributed by atoms with Gasteiger partial charge in [-0.3, -0.25) is 9.59 Å². The normalized spacial score (nSPS) is 11.6. The lowest BCUT2D eigenvalue weighted by molar-refractivity contribution is -0.118. The van der Waals surface area contributed by atoms with Gasteiger partial charge in [0.1, 0.15) is 0 Å². The molecule has 0 fully saturated rings. The smallest absolute Gasteiger partial charge is 0.250 e. The molecule has 0 radical (unpaired) electrons. The Morgan fingerprint density at radius 3 is 2.32 bits per heavy atom. The van der Waals surface area contributed by atoms with Crippen LogP contribution in [0.3, 0.4) is 0 Å². The van der Waals surface area contributed by atoms with Gasteiger partial charge in [-0.15, -0.1) is 12.4 Å². The predicted octanol–water partition coefficient (Wildman–Crippen LogP) is 1.78. The summed E-state index contributed by atoms with van der Waals surface area (Å²) in [6.07, 6.45) is 0. The minimum absolute atomic E-state index is 0. The van der Waals surface area contributed by atoms with E-state index in [-0.39, 0.29) is 34.8 Å². The van der Waals surface area contributed by atoms with Crippen LogP contribution in [0.25, 0.3) is 0 Å².